The van der Waals surface area contributed by atoms with Gasteiger partial charge in [-0.05, 0) is 17.8 Å². The average Bonchev–Trinajstić information content (AvgIpc) is 3.15. The van der Waals surface area contributed by atoms with Gasteiger partial charge in [-0.3, -0.25) is 0 Å². The molecular weight excluding hydrogens is 835 g/mol. The van der Waals surface area contributed by atoms with E-state index >= 15 is 35.1 Å². The first kappa shape index (κ1) is 45.0. The molecule has 0 fully saturated rings. The lowest BCUT2D eigenvalue weighted by Gasteiger charge is -2.44. The molecule has 24 heteroatoms. The highest BCUT2D eigenvalue weighted by molar-refractivity contribution is 7.95. The van der Waals surface area contributed by atoms with Crippen LogP contribution in [0.1, 0.15) is 6.92 Å². The Morgan fingerprint density at radius 2 is 0.536 bits per heavy atom. The predicted octanol–water partition coefficient (Wildman–Crippen LogP) is 7.07. The zero-order valence-electron chi connectivity index (χ0n) is 27.1. The van der Waals surface area contributed by atoms with Gasteiger partial charge in [0.05, 0.1) is 12.5 Å². The normalized spacial score (nSPS) is 11.3. The highest BCUT2D eigenvalue weighted by Gasteiger charge is 2.52. The van der Waals surface area contributed by atoms with Crippen LogP contribution in [0.4, 0.5) is 87.8 Å². The number of allylic oxidation sites excluding steroid dienone is 1. The summed E-state index contributed by atoms with van der Waals surface area (Å²) in [5.41, 5.74) is -13.2. The van der Waals surface area contributed by atoms with Crippen LogP contribution >= 0.6 is 0 Å². The van der Waals surface area contributed by atoms with Crippen LogP contribution in [0.3, 0.4) is 0 Å². The van der Waals surface area contributed by atoms with Crippen LogP contribution in [0.25, 0.3) is 0 Å². The Morgan fingerprint density at radius 3 is 0.679 bits per heavy atom. The maximum absolute atomic E-state index is 15.4. The summed E-state index contributed by atoms with van der Waals surface area (Å²) in [5.74, 6) is -70.5. The highest BCUT2D eigenvalue weighted by Crippen LogP contribution is 2.30. The van der Waals surface area contributed by atoms with Crippen LogP contribution in [0.2, 0.25) is 0 Å². The molecule has 0 aromatic heterocycles. The van der Waals surface area contributed by atoms with Crippen molar-refractivity contribution in [1.29, 1.82) is 10.5 Å². The van der Waals surface area contributed by atoms with Crippen molar-refractivity contribution in [2.45, 2.75) is 6.92 Å². The Bertz CT molecular complexity index is 2020. The van der Waals surface area contributed by atoms with Gasteiger partial charge in [-0.15, -0.1) is 21.9 Å². The Hall–Kier alpha value is -5.39. The van der Waals surface area contributed by atoms with Crippen LogP contribution < -0.4 is 21.9 Å². The van der Waals surface area contributed by atoms with Gasteiger partial charge in [-0.25, -0.2) is 87.8 Å². The maximum atomic E-state index is 15.4. The summed E-state index contributed by atoms with van der Waals surface area (Å²) in [4.78, 5) is 0. The molecular formula is C32H11BF20N2S. The quantitative estimate of drug-likeness (QED) is 0.0521. The monoisotopic (exact) mass is 846 g/mol. The molecule has 56 heavy (non-hydrogen) atoms. The summed E-state index contributed by atoms with van der Waals surface area (Å²) < 4.78 is 294. The molecule has 0 bridgehead atoms. The predicted molar refractivity (Wildman–Crippen MR) is 157 cm³/mol. The second-order valence-electron chi connectivity index (χ2n) is 11.3. The molecule has 0 N–H and O–H groups in total. The summed E-state index contributed by atoms with van der Waals surface area (Å²) in [5, 5.41) is 17.0. The van der Waals surface area contributed by atoms with E-state index in [9.17, 15) is 52.7 Å². The van der Waals surface area contributed by atoms with Gasteiger partial charge < -0.3 is 0 Å². The maximum Gasteiger partial charge on any atom is 0.200 e. The summed E-state index contributed by atoms with van der Waals surface area (Å²) in [6.45, 7) is 1.84. The molecule has 0 aliphatic carbocycles. The van der Waals surface area contributed by atoms with Crippen molar-refractivity contribution in [3.8, 4) is 12.1 Å². The minimum absolute atomic E-state index is 0.270. The number of hydrogen-bond donors (Lipinski definition) is 0. The van der Waals surface area contributed by atoms with E-state index in [1.54, 1.807) is 0 Å². The van der Waals surface area contributed by atoms with Crippen molar-refractivity contribution in [2.24, 2.45) is 0 Å². The van der Waals surface area contributed by atoms with Crippen LogP contribution in [0.5, 0.6) is 0 Å². The Labute approximate surface area is 302 Å². The largest absolute Gasteiger partial charge is 0.207 e. The van der Waals surface area contributed by atoms with E-state index in [2.05, 4.69) is 12.5 Å². The van der Waals surface area contributed by atoms with Gasteiger partial charge in [-0.2, -0.15) is 10.5 Å². The van der Waals surface area contributed by atoms with Gasteiger partial charge in [-0.1, -0.05) is 0 Å². The lowest BCUT2D eigenvalue weighted by atomic mass is 9.12. The van der Waals surface area contributed by atoms with Gasteiger partial charge in [0.1, 0.15) is 76.1 Å². The van der Waals surface area contributed by atoms with E-state index in [0.29, 0.717) is 0 Å². The molecule has 0 amide bonds. The topological polar surface area (TPSA) is 47.6 Å². The zero-order chi connectivity index (χ0) is 43.2. The average molecular weight is 846 g/mol. The minimum atomic E-state index is -7.22. The van der Waals surface area contributed by atoms with Crippen molar-refractivity contribution in [1.82, 2.24) is 0 Å². The smallest absolute Gasteiger partial charge is 0.200 e. The Kier molecular flexibility index (Phi) is 13.2. The molecule has 0 spiro atoms. The van der Waals surface area contributed by atoms with Gasteiger partial charge in [0, 0.05) is 5.57 Å². The molecule has 0 radical (unpaired) electrons. The molecule has 298 valence electrons. The minimum Gasteiger partial charge on any atom is -0.207 e. The lowest BCUT2D eigenvalue weighted by Crippen LogP contribution is -2.81. The van der Waals surface area contributed by atoms with Crippen molar-refractivity contribution in [3.05, 3.63) is 127 Å². The van der Waals surface area contributed by atoms with Crippen molar-refractivity contribution >= 4 is 38.9 Å². The van der Waals surface area contributed by atoms with Crippen molar-refractivity contribution in [2.75, 3.05) is 18.3 Å². The van der Waals surface area contributed by atoms with E-state index in [1.807, 2.05) is 19.1 Å². The van der Waals surface area contributed by atoms with Crippen LogP contribution in [0.15, 0.2) is 11.1 Å². The summed E-state index contributed by atoms with van der Waals surface area (Å²) in [7, 11) is 0.270. The number of hydrogen-bond acceptors (Lipinski definition) is 2. The molecule has 0 aliphatic heterocycles. The van der Waals surface area contributed by atoms with E-state index < -0.39 is 144 Å². The third-order valence-corrected chi connectivity index (χ3v) is 8.87. The van der Waals surface area contributed by atoms with E-state index in [4.69, 9.17) is 10.5 Å². The number of nitrogens with zero attached hydrogens (tertiary/aromatic N) is 2. The fraction of sp³-hybridized carbons (Fsp3) is 0.125. The van der Waals surface area contributed by atoms with Crippen molar-refractivity contribution < 1.29 is 87.8 Å². The van der Waals surface area contributed by atoms with Gasteiger partial charge in [0.15, 0.2) is 69.8 Å². The van der Waals surface area contributed by atoms with Crippen LogP contribution in [-0.4, -0.2) is 24.4 Å². The summed E-state index contributed by atoms with van der Waals surface area (Å²) >= 11 is 0. The molecule has 0 heterocycles. The fourth-order valence-corrected chi connectivity index (χ4v) is 6.61. The summed E-state index contributed by atoms with van der Waals surface area (Å²) in [6.07, 6.45) is -3.03. The number of benzene rings is 4. The third kappa shape index (κ3) is 6.88. The zero-order valence-corrected chi connectivity index (χ0v) is 28.0. The van der Waals surface area contributed by atoms with Gasteiger partial charge in [0.2, 0.25) is 0 Å². The first-order valence-electron chi connectivity index (χ1n) is 14.1. The number of rotatable bonds is 6. The molecule has 0 saturated carbocycles. The Balaban J connectivity index is 0.000000665. The van der Waals surface area contributed by atoms with E-state index in [1.165, 1.54) is 0 Å². The second kappa shape index (κ2) is 16.4. The van der Waals surface area contributed by atoms with Gasteiger partial charge in [0.25, 0.3) is 0 Å². The van der Waals surface area contributed by atoms with Gasteiger partial charge >= 0.3 is 0 Å². The number of nitriles is 2. The highest BCUT2D eigenvalue weighted by atomic mass is 32.2. The van der Waals surface area contributed by atoms with E-state index in [-0.39, 0.29) is 16.5 Å². The standard InChI is InChI=1S/C24BF20.C8H11N2S/c26-5-1(6(27)14(35)21(42)13(5)34)25(2-7(28)15(36)22(43)16(37)8(2)29,3-9(30)17(38)23(44)18(39)10(3)31)4-11(32)19(40)24(45)20(41)12(4)33;1-7(6-11(2)3)8(4-9)5-10/h;6H2,1-3H3/q-1;+1. The van der Waals surface area contributed by atoms with Crippen molar-refractivity contribution in [3.63, 3.8) is 0 Å². The van der Waals surface area contributed by atoms with E-state index in [0.717, 1.165) is 11.3 Å². The SMILES string of the molecule is CC(C[S+](C)C)=C(C#N)C#N.Fc1c(F)c(F)c([B-](c2c(F)c(F)c(F)c(F)c2F)(c2c(F)c(F)c(F)c(F)c2F)c2c(F)c(F)c(F)c(F)c2F)c(F)c1F. The number of halogens is 20. The molecule has 4 aromatic carbocycles. The molecule has 0 aliphatic rings. The molecule has 2 nitrogen and oxygen atoms in total. The molecule has 0 atom stereocenters. The lowest BCUT2D eigenvalue weighted by molar-refractivity contribution is 0.378. The molecule has 4 aromatic rings. The molecule has 0 saturated heterocycles. The molecule has 4 rings (SSSR count). The molecule has 0 unspecified atom stereocenters. The third-order valence-electron chi connectivity index (χ3n) is 7.86. The fourth-order valence-electron chi connectivity index (χ4n) is 5.60. The summed E-state index contributed by atoms with van der Waals surface area (Å²) in [6, 6.07) is 3.76. The first-order valence-corrected chi connectivity index (χ1v) is 16.3. The second-order valence-corrected chi connectivity index (χ2v) is 13.6. The Morgan fingerprint density at radius 1 is 0.375 bits per heavy atom. The first-order chi connectivity index (χ1) is 25.8. The van der Waals surface area contributed by atoms with Crippen LogP contribution in [0, 0.1) is 139 Å². The van der Waals surface area contributed by atoms with Crippen LogP contribution in [-0.2, 0) is 10.9 Å².